The third-order valence-electron chi connectivity index (χ3n) is 4.24. The second-order valence-electron chi connectivity index (χ2n) is 5.95. The number of hydrogen-bond acceptors (Lipinski definition) is 4. The van der Waals surface area contributed by atoms with Gasteiger partial charge in [-0.1, -0.05) is 13.0 Å². The molecule has 1 fully saturated rings. The molecule has 0 bridgehead atoms. The Kier molecular flexibility index (Phi) is 4.42. The molecule has 0 aromatic carbocycles. The monoisotopic (exact) mass is 304 g/mol. The number of aromatic nitrogens is 2. The number of nitrogens with two attached hydrogens (primary N) is 1. The third kappa shape index (κ3) is 3.36. The van der Waals surface area contributed by atoms with Gasteiger partial charge in [0.1, 0.15) is 0 Å². The highest BCUT2D eigenvalue weighted by Gasteiger charge is 2.37. The fourth-order valence-electron chi connectivity index (χ4n) is 2.94. The lowest BCUT2D eigenvalue weighted by atomic mass is 9.98. The van der Waals surface area contributed by atoms with Gasteiger partial charge in [-0.15, -0.1) is 11.3 Å². The minimum Gasteiger partial charge on any atom is -0.326 e. The Morgan fingerprint density at radius 2 is 2.33 bits per heavy atom. The second kappa shape index (κ2) is 6.30. The van der Waals surface area contributed by atoms with Crippen LogP contribution in [-0.2, 0) is 13.6 Å². The third-order valence-corrected chi connectivity index (χ3v) is 5.10. The van der Waals surface area contributed by atoms with Crippen LogP contribution in [0.5, 0.6) is 0 Å². The van der Waals surface area contributed by atoms with Crippen molar-refractivity contribution in [2.75, 3.05) is 0 Å². The van der Waals surface area contributed by atoms with Crippen LogP contribution < -0.4 is 5.73 Å². The fraction of sp³-hybridized carbons (Fsp3) is 0.562. The molecule has 2 heterocycles. The van der Waals surface area contributed by atoms with Crippen molar-refractivity contribution in [2.45, 2.75) is 50.9 Å². The van der Waals surface area contributed by atoms with E-state index < -0.39 is 0 Å². The van der Waals surface area contributed by atoms with E-state index in [0.29, 0.717) is 6.04 Å². The largest absolute Gasteiger partial charge is 0.326 e. The molecule has 0 spiro atoms. The molecule has 1 aliphatic carbocycles. The number of rotatable bonds is 7. The minimum atomic E-state index is 0.148. The van der Waals surface area contributed by atoms with E-state index in [1.54, 1.807) is 0 Å². The second-order valence-corrected chi connectivity index (χ2v) is 6.98. The molecule has 0 amide bonds. The Morgan fingerprint density at radius 1 is 1.52 bits per heavy atom. The number of nitrogens with zero attached hydrogens (tertiary/aromatic N) is 3. The quantitative estimate of drug-likeness (QED) is 0.855. The zero-order valence-electron chi connectivity index (χ0n) is 12.8. The van der Waals surface area contributed by atoms with Crippen molar-refractivity contribution in [3.63, 3.8) is 0 Å². The molecular formula is C16H24N4S. The van der Waals surface area contributed by atoms with Crippen molar-refractivity contribution < 1.29 is 0 Å². The highest BCUT2D eigenvalue weighted by molar-refractivity contribution is 7.09. The highest BCUT2D eigenvalue weighted by Crippen LogP contribution is 2.38. The molecule has 2 aromatic rings. The lowest BCUT2D eigenvalue weighted by Crippen LogP contribution is -2.41. The first-order valence-corrected chi connectivity index (χ1v) is 8.59. The summed E-state index contributed by atoms with van der Waals surface area (Å²) in [5.41, 5.74) is 7.72. The highest BCUT2D eigenvalue weighted by atomic mass is 32.1. The lowest BCUT2D eigenvalue weighted by molar-refractivity contribution is 0.152. The molecule has 0 aliphatic heterocycles. The van der Waals surface area contributed by atoms with Gasteiger partial charge in [0, 0.05) is 42.3 Å². The summed E-state index contributed by atoms with van der Waals surface area (Å²) >= 11 is 1.83. The van der Waals surface area contributed by atoms with Crippen molar-refractivity contribution in [2.24, 2.45) is 12.8 Å². The molecule has 1 saturated carbocycles. The van der Waals surface area contributed by atoms with E-state index in [2.05, 4.69) is 40.6 Å². The molecule has 0 saturated heterocycles. The summed E-state index contributed by atoms with van der Waals surface area (Å²) in [6, 6.07) is 5.44. The molecule has 4 nitrogen and oxygen atoms in total. The van der Waals surface area contributed by atoms with Crippen molar-refractivity contribution >= 4 is 11.3 Å². The number of hydrogen-bond donors (Lipinski definition) is 1. The number of aryl methyl sites for hydroxylation is 1. The fourth-order valence-corrected chi connectivity index (χ4v) is 3.66. The SMILES string of the molecule is CCC(N)C(c1cnn(C)c1)N(Cc1cccs1)C1CC1. The summed E-state index contributed by atoms with van der Waals surface area (Å²) < 4.78 is 1.88. The van der Waals surface area contributed by atoms with Gasteiger partial charge >= 0.3 is 0 Å². The molecule has 0 radical (unpaired) electrons. The van der Waals surface area contributed by atoms with Gasteiger partial charge in [-0.2, -0.15) is 5.10 Å². The van der Waals surface area contributed by atoms with Crippen LogP contribution in [0.25, 0.3) is 0 Å². The van der Waals surface area contributed by atoms with Crippen molar-refractivity contribution in [1.82, 2.24) is 14.7 Å². The van der Waals surface area contributed by atoms with Gasteiger partial charge in [-0.05, 0) is 30.7 Å². The molecule has 21 heavy (non-hydrogen) atoms. The maximum Gasteiger partial charge on any atom is 0.0538 e. The van der Waals surface area contributed by atoms with E-state index in [4.69, 9.17) is 5.73 Å². The smallest absolute Gasteiger partial charge is 0.0538 e. The first-order chi connectivity index (χ1) is 10.2. The Labute approximate surface area is 130 Å². The van der Waals surface area contributed by atoms with Crippen LogP contribution in [0.3, 0.4) is 0 Å². The summed E-state index contributed by atoms with van der Waals surface area (Å²) in [5.74, 6) is 0. The van der Waals surface area contributed by atoms with Gasteiger partial charge in [0.2, 0.25) is 0 Å². The lowest BCUT2D eigenvalue weighted by Gasteiger charge is -2.34. The van der Waals surface area contributed by atoms with Crippen LogP contribution in [0.1, 0.15) is 42.7 Å². The van der Waals surface area contributed by atoms with E-state index >= 15 is 0 Å². The zero-order chi connectivity index (χ0) is 14.8. The zero-order valence-corrected chi connectivity index (χ0v) is 13.6. The van der Waals surface area contributed by atoms with Gasteiger partial charge in [0.05, 0.1) is 12.2 Å². The first kappa shape index (κ1) is 14.8. The molecule has 2 aromatic heterocycles. The molecule has 5 heteroatoms. The first-order valence-electron chi connectivity index (χ1n) is 7.71. The summed E-state index contributed by atoms with van der Waals surface area (Å²) in [4.78, 5) is 4.01. The van der Waals surface area contributed by atoms with Crippen molar-refractivity contribution in [3.05, 3.63) is 40.3 Å². The van der Waals surface area contributed by atoms with Crippen LogP contribution in [0.15, 0.2) is 29.9 Å². The molecule has 2 unspecified atom stereocenters. The van der Waals surface area contributed by atoms with E-state index in [1.165, 1.54) is 23.3 Å². The maximum absolute atomic E-state index is 6.48. The van der Waals surface area contributed by atoms with Crippen LogP contribution in [-0.4, -0.2) is 26.8 Å². The van der Waals surface area contributed by atoms with E-state index in [9.17, 15) is 0 Å². The predicted molar refractivity (Wildman–Crippen MR) is 87.1 cm³/mol. The predicted octanol–water partition coefficient (Wildman–Crippen LogP) is 2.92. The van der Waals surface area contributed by atoms with Gasteiger partial charge in [-0.3, -0.25) is 9.58 Å². The molecule has 3 rings (SSSR count). The van der Waals surface area contributed by atoms with Crippen LogP contribution in [0.2, 0.25) is 0 Å². The Hall–Kier alpha value is -1.17. The summed E-state index contributed by atoms with van der Waals surface area (Å²) in [6.45, 7) is 3.17. The van der Waals surface area contributed by atoms with Crippen molar-refractivity contribution in [3.8, 4) is 0 Å². The van der Waals surface area contributed by atoms with E-state index in [0.717, 1.165) is 13.0 Å². The average Bonchev–Trinajstić information content (AvgIpc) is 3.03. The maximum atomic E-state index is 6.48. The van der Waals surface area contributed by atoms with Crippen molar-refractivity contribution in [1.29, 1.82) is 0 Å². The van der Waals surface area contributed by atoms with Gasteiger partial charge in [0.25, 0.3) is 0 Å². The van der Waals surface area contributed by atoms with Crippen LogP contribution in [0, 0.1) is 0 Å². The van der Waals surface area contributed by atoms with Gasteiger partial charge in [-0.25, -0.2) is 0 Å². The van der Waals surface area contributed by atoms with Gasteiger partial charge in [0.15, 0.2) is 0 Å². The molecule has 114 valence electrons. The van der Waals surface area contributed by atoms with Crippen LogP contribution in [0.4, 0.5) is 0 Å². The molecule has 2 atom stereocenters. The Morgan fingerprint density at radius 3 is 2.86 bits per heavy atom. The molecule has 1 aliphatic rings. The van der Waals surface area contributed by atoms with Crippen LogP contribution >= 0.6 is 11.3 Å². The topological polar surface area (TPSA) is 47.1 Å². The van der Waals surface area contributed by atoms with E-state index in [-0.39, 0.29) is 12.1 Å². The van der Waals surface area contributed by atoms with E-state index in [1.807, 2.05) is 29.3 Å². The summed E-state index contributed by atoms with van der Waals surface area (Å²) in [6.07, 6.45) is 7.65. The minimum absolute atomic E-state index is 0.148. The molecule has 2 N–H and O–H groups in total. The number of thiophene rings is 1. The summed E-state index contributed by atoms with van der Waals surface area (Å²) in [5, 5.41) is 6.50. The average molecular weight is 304 g/mol. The standard InChI is InChI=1S/C16H24N4S/c1-3-15(17)16(12-9-18-19(2)10-12)20(13-6-7-13)11-14-5-4-8-21-14/h4-5,8-10,13,15-16H,3,6-7,11,17H2,1-2H3. The summed E-state index contributed by atoms with van der Waals surface area (Å²) in [7, 11) is 1.97. The Bertz CT molecular complexity index is 559. The Balaban J connectivity index is 1.88. The normalized spacial score (nSPS) is 18.1. The molecular weight excluding hydrogens is 280 g/mol. The van der Waals surface area contributed by atoms with Gasteiger partial charge < -0.3 is 5.73 Å².